The molecule has 0 amide bonds. The Morgan fingerprint density at radius 3 is 2.70 bits per heavy atom. The van der Waals surface area contributed by atoms with Gasteiger partial charge in [0.15, 0.2) is 5.03 Å². The summed E-state index contributed by atoms with van der Waals surface area (Å²) in [5, 5.41) is 0.00510. The van der Waals surface area contributed by atoms with E-state index in [1.165, 1.54) is 10.5 Å². The Hall–Kier alpha value is -1.18. The van der Waals surface area contributed by atoms with Crippen molar-refractivity contribution in [2.45, 2.75) is 38.1 Å². The van der Waals surface area contributed by atoms with E-state index in [4.69, 9.17) is 5.84 Å². The molecule has 7 heteroatoms. The van der Waals surface area contributed by atoms with Gasteiger partial charge in [0, 0.05) is 19.3 Å². The third-order valence-corrected chi connectivity index (χ3v) is 6.22. The Kier molecular flexibility index (Phi) is 4.31. The molecule has 0 aliphatic carbocycles. The SMILES string of the molecule is CCC1(CC)CCN(S(=O)(=O)c2ncccc2NN)C1. The van der Waals surface area contributed by atoms with E-state index in [0.717, 1.165) is 19.3 Å². The zero-order chi connectivity index (χ0) is 14.8. The second kappa shape index (κ2) is 5.67. The van der Waals surface area contributed by atoms with Gasteiger partial charge in [0.2, 0.25) is 0 Å². The Morgan fingerprint density at radius 1 is 1.45 bits per heavy atom. The van der Waals surface area contributed by atoms with Crippen LogP contribution in [0.2, 0.25) is 0 Å². The minimum absolute atomic E-state index is 0.00510. The normalized spacial score (nSPS) is 19.1. The lowest BCUT2D eigenvalue weighted by molar-refractivity contribution is 0.279. The van der Waals surface area contributed by atoms with Gasteiger partial charge >= 0.3 is 0 Å². The molecule has 1 fully saturated rings. The quantitative estimate of drug-likeness (QED) is 0.636. The summed E-state index contributed by atoms with van der Waals surface area (Å²) in [7, 11) is -3.59. The second-order valence-electron chi connectivity index (χ2n) is 5.30. The number of pyridine rings is 1. The van der Waals surface area contributed by atoms with Gasteiger partial charge in [-0.25, -0.2) is 13.4 Å². The maximum atomic E-state index is 12.7. The van der Waals surface area contributed by atoms with E-state index in [-0.39, 0.29) is 10.4 Å². The highest BCUT2D eigenvalue weighted by atomic mass is 32.2. The van der Waals surface area contributed by atoms with E-state index < -0.39 is 10.0 Å². The lowest BCUT2D eigenvalue weighted by Crippen LogP contribution is -2.33. The lowest BCUT2D eigenvalue weighted by atomic mass is 9.82. The molecule has 0 bridgehead atoms. The van der Waals surface area contributed by atoms with Crippen molar-refractivity contribution in [2.75, 3.05) is 18.5 Å². The Balaban J connectivity index is 2.33. The smallest absolute Gasteiger partial charge is 0.262 e. The molecule has 2 heterocycles. The molecule has 0 saturated carbocycles. The zero-order valence-corrected chi connectivity index (χ0v) is 12.8. The average Bonchev–Trinajstić information content (AvgIpc) is 2.93. The fourth-order valence-corrected chi connectivity index (χ4v) is 4.37. The monoisotopic (exact) mass is 298 g/mol. The molecule has 0 radical (unpaired) electrons. The number of hydrazine groups is 1. The number of hydrogen-bond donors (Lipinski definition) is 2. The molecule has 2 rings (SSSR count). The van der Waals surface area contributed by atoms with Gasteiger partial charge in [-0.15, -0.1) is 0 Å². The molecular formula is C13H22N4O2S. The molecule has 20 heavy (non-hydrogen) atoms. The highest BCUT2D eigenvalue weighted by Gasteiger charge is 2.41. The van der Waals surface area contributed by atoms with E-state index in [1.807, 2.05) is 0 Å². The summed E-state index contributed by atoms with van der Waals surface area (Å²) in [6.45, 7) is 5.34. The van der Waals surface area contributed by atoms with Crippen LogP contribution < -0.4 is 11.3 Å². The Labute approximate surface area is 120 Å². The molecule has 0 spiro atoms. The van der Waals surface area contributed by atoms with Crippen molar-refractivity contribution in [3.63, 3.8) is 0 Å². The number of nitrogens with one attached hydrogen (secondary N) is 1. The fourth-order valence-electron chi connectivity index (χ4n) is 2.75. The van der Waals surface area contributed by atoms with E-state index in [2.05, 4.69) is 24.3 Å². The second-order valence-corrected chi connectivity index (χ2v) is 7.15. The summed E-state index contributed by atoms with van der Waals surface area (Å²) in [5.41, 5.74) is 2.83. The molecular weight excluding hydrogens is 276 g/mol. The largest absolute Gasteiger partial charge is 0.321 e. The molecule has 6 nitrogen and oxygen atoms in total. The molecule has 0 unspecified atom stereocenters. The first-order chi connectivity index (χ1) is 9.49. The van der Waals surface area contributed by atoms with Gasteiger partial charge in [0.05, 0.1) is 5.69 Å². The topological polar surface area (TPSA) is 88.3 Å². The first-order valence-electron chi connectivity index (χ1n) is 6.91. The maximum absolute atomic E-state index is 12.7. The van der Waals surface area contributed by atoms with Crippen LogP contribution in [0.3, 0.4) is 0 Å². The molecule has 1 aliphatic heterocycles. The summed E-state index contributed by atoms with van der Waals surface area (Å²) in [6, 6.07) is 3.27. The summed E-state index contributed by atoms with van der Waals surface area (Å²) < 4.78 is 26.9. The van der Waals surface area contributed by atoms with Crippen molar-refractivity contribution >= 4 is 15.7 Å². The van der Waals surface area contributed by atoms with Gasteiger partial charge in [0.1, 0.15) is 0 Å². The number of nitrogens with two attached hydrogens (primary N) is 1. The van der Waals surface area contributed by atoms with Crippen LogP contribution in [-0.2, 0) is 10.0 Å². The summed E-state index contributed by atoms with van der Waals surface area (Å²) in [4.78, 5) is 3.99. The van der Waals surface area contributed by atoms with Gasteiger partial charge in [-0.3, -0.25) is 5.84 Å². The maximum Gasteiger partial charge on any atom is 0.262 e. The van der Waals surface area contributed by atoms with Crippen molar-refractivity contribution in [1.29, 1.82) is 0 Å². The third-order valence-electron chi connectivity index (χ3n) is 4.41. The van der Waals surface area contributed by atoms with Gasteiger partial charge < -0.3 is 5.43 Å². The van der Waals surface area contributed by atoms with Crippen LogP contribution in [0.25, 0.3) is 0 Å². The van der Waals surface area contributed by atoms with Crippen LogP contribution in [0.4, 0.5) is 5.69 Å². The minimum atomic E-state index is -3.59. The van der Waals surface area contributed by atoms with Crippen molar-refractivity contribution in [2.24, 2.45) is 11.3 Å². The van der Waals surface area contributed by atoms with E-state index >= 15 is 0 Å². The van der Waals surface area contributed by atoms with E-state index in [9.17, 15) is 8.42 Å². The van der Waals surface area contributed by atoms with Crippen molar-refractivity contribution in [3.8, 4) is 0 Å². The van der Waals surface area contributed by atoms with Crippen molar-refractivity contribution in [1.82, 2.24) is 9.29 Å². The molecule has 1 aromatic heterocycles. The number of sulfonamides is 1. The first kappa shape index (κ1) is 15.2. The predicted molar refractivity (Wildman–Crippen MR) is 78.4 cm³/mol. The summed E-state index contributed by atoms with van der Waals surface area (Å²) >= 11 is 0. The van der Waals surface area contributed by atoms with Gasteiger partial charge in [-0.1, -0.05) is 13.8 Å². The number of nitrogen functional groups attached to an aromatic ring is 1. The van der Waals surface area contributed by atoms with Crippen LogP contribution in [0.1, 0.15) is 33.1 Å². The zero-order valence-electron chi connectivity index (χ0n) is 12.0. The van der Waals surface area contributed by atoms with Gasteiger partial charge in [-0.2, -0.15) is 4.31 Å². The first-order valence-corrected chi connectivity index (χ1v) is 8.35. The number of aromatic nitrogens is 1. The van der Waals surface area contributed by atoms with Crippen LogP contribution in [0.15, 0.2) is 23.4 Å². The standard InChI is InChI=1S/C13H22N4O2S/c1-3-13(4-2)7-9-17(10-13)20(18,19)12-11(16-14)6-5-8-15-12/h5-6,8,16H,3-4,7,9-10,14H2,1-2H3. The molecule has 112 valence electrons. The average molecular weight is 298 g/mol. The summed E-state index contributed by atoms with van der Waals surface area (Å²) in [6.07, 6.45) is 4.34. The van der Waals surface area contributed by atoms with Gasteiger partial charge in [-0.05, 0) is 36.8 Å². The minimum Gasteiger partial charge on any atom is -0.321 e. The third kappa shape index (κ3) is 2.53. The number of hydrogen-bond acceptors (Lipinski definition) is 5. The summed E-state index contributed by atoms with van der Waals surface area (Å²) in [5.74, 6) is 5.38. The van der Waals surface area contributed by atoms with Crippen molar-refractivity contribution in [3.05, 3.63) is 18.3 Å². The fraction of sp³-hybridized carbons (Fsp3) is 0.615. The molecule has 3 N–H and O–H groups in total. The molecule has 0 aromatic carbocycles. The highest BCUT2D eigenvalue weighted by molar-refractivity contribution is 7.89. The number of anilines is 1. The lowest BCUT2D eigenvalue weighted by Gasteiger charge is -2.26. The van der Waals surface area contributed by atoms with Crippen LogP contribution in [0, 0.1) is 5.41 Å². The number of nitrogens with zero attached hydrogens (tertiary/aromatic N) is 2. The van der Waals surface area contributed by atoms with Gasteiger partial charge in [0.25, 0.3) is 10.0 Å². The Bertz CT molecular complexity index is 569. The highest BCUT2D eigenvalue weighted by Crippen LogP contribution is 2.39. The van der Waals surface area contributed by atoms with Crippen LogP contribution in [-0.4, -0.2) is 30.8 Å². The van der Waals surface area contributed by atoms with Crippen LogP contribution >= 0.6 is 0 Å². The molecule has 0 atom stereocenters. The molecule has 1 saturated heterocycles. The number of rotatable bonds is 5. The predicted octanol–water partition coefficient (Wildman–Crippen LogP) is 1.57. The molecule has 1 aliphatic rings. The Morgan fingerprint density at radius 2 is 2.15 bits per heavy atom. The molecule has 1 aromatic rings. The van der Waals surface area contributed by atoms with E-state index in [0.29, 0.717) is 18.8 Å². The van der Waals surface area contributed by atoms with Crippen molar-refractivity contribution < 1.29 is 8.42 Å². The van der Waals surface area contributed by atoms with Crippen LogP contribution in [0.5, 0.6) is 0 Å². The van der Waals surface area contributed by atoms with E-state index in [1.54, 1.807) is 12.1 Å².